The second-order valence-corrected chi connectivity index (χ2v) is 5.13. The first-order valence-electron chi connectivity index (χ1n) is 6.43. The molecule has 1 spiro atoms. The van der Waals surface area contributed by atoms with Crippen LogP contribution in [0, 0.1) is 0 Å². The van der Waals surface area contributed by atoms with Crippen molar-refractivity contribution in [2.24, 2.45) is 5.73 Å². The summed E-state index contributed by atoms with van der Waals surface area (Å²) in [6, 6.07) is -1.23. The molecule has 0 aromatic rings. The quantitative estimate of drug-likeness (QED) is 0.256. The summed E-state index contributed by atoms with van der Waals surface area (Å²) in [5, 5.41) is 48.4. The van der Waals surface area contributed by atoms with Crippen molar-refractivity contribution < 1.29 is 49.3 Å². The van der Waals surface area contributed by atoms with Crippen LogP contribution in [0.3, 0.4) is 0 Å². The van der Waals surface area contributed by atoms with Gasteiger partial charge in [0.15, 0.2) is 6.10 Å². The molecule has 0 aromatic heterocycles. The van der Waals surface area contributed by atoms with Gasteiger partial charge in [0.1, 0.15) is 24.9 Å². The largest absolute Gasteiger partial charge is 0.409 e. The standard InChI is InChI=1S/C11H17NO10/c12-4-1-2-5(14)20-11(21-9(4)18)8(17)6(15)7(16)10(19,3-13)22-11/h4,6-8,13,15-17,19H,1-3,12H2/t4-,6+,7+,8+,10+,11?/m1/s1. The molecule has 22 heavy (non-hydrogen) atoms. The number of aliphatic hydroxyl groups excluding tert-OH is 4. The number of carbonyl (C=O) groups is 2. The van der Waals surface area contributed by atoms with Gasteiger partial charge in [-0.15, -0.1) is 0 Å². The minimum absolute atomic E-state index is 0.0840. The van der Waals surface area contributed by atoms with Gasteiger partial charge in [0.25, 0.3) is 0 Å². The number of hydrogen-bond acceptors (Lipinski definition) is 11. The molecule has 11 nitrogen and oxygen atoms in total. The van der Waals surface area contributed by atoms with Gasteiger partial charge >= 0.3 is 17.9 Å². The molecule has 0 aliphatic carbocycles. The van der Waals surface area contributed by atoms with Crippen LogP contribution < -0.4 is 5.73 Å². The summed E-state index contributed by atoms with van der Waals surface area (Å²) in [6.45, 7) is -1.25. The van der Waals surface area contributed by atoms with E-state index in [0.29, 0.717) is 0 Å². The second kappa shape index (κ2) is 5.70. The zero-order chi connectivity index (χ0) is 16.7. The third-order valence-corrected chi connectivity index (χ3v) is 3.48. The van der Waals surface area contributed by atoms with Crippen molar-refractivity contribution in [2.75, 3.05) is 6.61 Å². The van der Waals surface area contributed by atoms with Crippen molar-refractivity contribution in [3.8, 4) is 0 Å². The summed E-state index contributed by atoms with van der Waals surface area (Å²) in [6.07, 6.45) is -6.95. The fraction of sp³-hybridized carbons (Fsp3) is 0.818. The van der Waals surface area contributed by atoms with E-state index in [1.165, 1.54) is 0 Å². The van der Waals surface area contributed by atoms with E-state index in [1.807, 2.05) is 0 Å². The van der Waals surface area contributed by atoms with Crippen LogP contribution >= 0.6 is 0 Å². The molecule has 2 heterocycles. The first kappa shape index (κ1) is 17.0. The Hall–Kier alpha value is -1.34. The maximum Gasteiger partial charge on any atom is 0.409 e. The van der Waals surface area contributed by atoms with Crippen LogP contribution in [0.25, 0.3) is 0 Å². The molecule has 0 radical (unpaired) electrons. The Morgan fingerprint density at radius 3 is 2.41 bits per heavy atom. The molecule has 2 aliphatic rings. The Balaban J connectivity index is 2.42. The highest BCUT2D eigenvalue weighted by Crippen LogP contribution is 2.38. The van der Waals surface area contributed by atoms with Gasteiger partial charge in [-0.2, -0.15) is 0 Å². The number of nitrogens with two attached hydrogens (primary N) is 1. The predicted octanol–water partition coefficient (Wildman–Crippen LogP) is -4.36. The van der Waals surface area contributed by atoms with Gasteiger partial charge in [0.2, 0.25) is 5.79 Å². The minimum Gasteiger partial charge on any atom is -0.396 e. The zero-order valence-corrected chi connectivity index (χ0v) is 11.3. The van der Waals surface area contributed by atoms with Crippen LogP contribution in [0.5, 0.6) is 0 Å². The summed E-state index contributed by atoms with van der Waals surface area (Å²) >= 11 is 0. The summed E-state index contributed by atoms with van der Waals surface area (Å²) in [4.78, 5) is 23.4. The molecule has 0 aromatic carbocycles. The fourth-order valence-corrected chi connectivity index (χ4v) is 2.14. The van der Waals surface area contributed by atoms with E-state index in [4.69, 9.17) is 25.1 Å². The highest BCUT2D eigenvalue weighted by molar-refractivity contribution is 5.79. The second-order valence-electron chi connectivity index (χ2n) is 5.13. The fourth-order valence-electron chi connectivity index (χ4n) is 2.14. The Morgan fingerprint density at radius 2 is 1.82 bits per heavy atom. The van der Waals surface area contributed by atoms with Crippen LogP contribution in [0.15, 0.2) is 0 Å². The van der Waals surface area contributed by atoms with Gasteiger partial charge in [-0.1, -0.05) is 0 Å². The summed E-state index contributed by atoms with van der Waals surface area (Å²) in [5.41, 5.74) is 5.46. The van der Waals surface area contributed by atoms with Crippen molar-refractivity contribution in [3.05, 3.63) is 0 Å². The van der Waals surface area contributed by atoms with Crippen molar-refractivity contribution in [1.82, 2.24) is 0 Å². The molecule has 2 aliphatic heterocycles. The first-order chi connectivity index (χ1) is 10.1. The van der Waals surface area contributed by atoms with Gasteiger partial charge in [-0.25, -0.2) is 0 Å². The van der Waals surface area contributed by atoms with E-state index in [2.05, 4.69) is 0 Å². The van der Waals surface area contributed by atoms with Crippen molar-refractivity contribution in [1.29, 1.82) is 0 Å². The minimum atomic E-state index is -2.94. The number of rotatable bonds is 1. The number of aliphatic hydroxyl groups is 5. The molecule has 1 unspecified atom stereocenters. The lowest BCUT2D eigenvalue weighted by Crippen LogP contribution is -2.73. The Kier molecular flexibility index (Phi) is 4.41. The molecule has 0 saturated carbocycles. The van der Waals surface area contributed by atoms with Crippen molar-refractivity contribution in [3.63, 3.8) is 0 Å². The van der Waals surface area contributed by atoms with E-state index >= 15 is 0 Å². The number of ether oxygens (including phenoxy) is 3. The van der Waals surface area contributed by atoms with E-state index in [-0.39, 0.29) is 12.8 Å². The SMILES string of the molecule is N[C@@H]1CCC(=O)OC2(OC1=O)O[C@@](O)(CO)[C@@H](O)[C@H](O)[C@@H]2O. The Labute approximate surface area is 123 Å². The highest BCUT2D eigenvalue weighted by Gasteiger charge is 2.65. The smallest absolute Gasteiger partial charge is 0.396 e. The molecule has 2 fully saturated rings. The van der Waals surface area contributed by atoms with Crippen LogP contribution in [0.1, 0.15) is 12.8 Å². The highest BCUT2D eigenvalue weighted by atomic mass is 16.9. The lowest BCUT2D eigenvalue weighted by Gasteiger charge is -2.49. The zero-order valence-electron chi connectivity index (χ0n) is 11.3. The third kappa shape index (κ3) is 2.67. The van der Waals surface area contributed by atoms with Gasteiger partial charge in [-0.3, -0.25) is 14.3 Å². The summed E-state index contributed by atoms with van der Waals surface area (Å²) in [5.74, 6) is -7.91. The van der Waals surface area contributed by atoms with E-state index in [9.17, 15) is 30.0 Å². The monoisotopic (exact) mass is 323 g/mol. The normalized spacial score (nSPS) is 46.6. The van der Waals surface area contributed by atoms with Gasteiger partial charge in [-0.05, 0) is 6.42 Å². The molecule has 0 bridgehead atoms. The average Bonchev–Trinajstić information content (AvgIpc) is 2.47. The molecular weight excluding hydrogens is 306 g/mol. The molecule has 11 heteroatoms. The Morgan fingerprint density at radius 1 is 1.18 bits per heavy atom. The molecule has 126 valence electrons. The van der Waals surface area contributed by atoms with Gasteiger partial charge < -0.3 is 40.7 Å². The lowest BCUT2D eigenvalue weighted by atomic mass is 9.94. The number of carbonyl (C=O) groups excluding carboxylic acids is 2. The van der Waals surface area contributed by atoms with Gasteiger partial charge in [0, 0.05) is 6.42 Å². The van der Waals surface area contributed by atoms with Crippen LogP contribution in [-0.4, -0.2) is 80.2 Å². The molecular formula is C11H17NO10. The first-order valence-corrected chi connectivity index (χ1v) is 6.43. The molecule has 2 rings (SSSR count). The van der Waals surface area contributed by atoms with Crippen LogP contribution in [0.2, 0.25) is 0 Å². The maximum atomic E-state index is 11.8. The molecule has 0 amide bonds. The number of esters is 2. The van der Waals surface area contributed by atoms with E-state index < -0.39 is 54.7 Å². The maximum absolute atomic E-state index is 11.8. The predicted molar refractivity (Wildman–Crippen MR) is 63.3 cm³/mol. The molecule has 2 saturated heterocycles. The molecule has 7 N–H and O–H groups in total. The van der Waals surface area contributed by atoms with E-state index in [0.717, 1.165) is 0 Å². The average molecular weight is 323 g/mol. The van der Waals surface area contributed by atoms with Crippen molar-refractivity contribution >= 4 is 11.9 Å². The topological polar surface area (TPSA) is 189 Å². The Bertz CT molecular complexity index is 472. The van der Waals surface area contributed by atoms with Crippen LogP contribution in [-0.2, 0) is 23.8 Å². The summed E-state index contributed by atoms with van der Waals surface area (Å²) in [7, 11) is 0. The van der Waals surface area contributed by atoms with Crippen molar-refractivity contribution in [2.45, 2.75) is 49.0 Å². The van der Waals surface area contributed by atoms with Gasteiger partial charge in [0.05, 0.1) is 0 Å². The molecule has 6 atom stereocenters. The lowest BCUT2D eigenvalue weighted by molar-refractivity contribution is -0.491. The van der Waals surface area contributed by atoms with Crippen LogP contribution in [0.4, 0.5) is 0 Å². The number of hydrogen-bond donors (Lipinski definition) is 6. The third-order valence-electron chi connectivity index (χ3n) is 3.48. The van der Waals surface area contributed by atoms with E-state index in [1.54, 1.807) is 0 Å². The summed E-state index contributed by atoms with van der Waals surface area (Å²) < 4.78 is 14.2.